The van der Waals surface area contributed by atoms with Gasteiger partial charge >= 0.3 is 0 Å². The van der Waals surface area contributed by atoms with Crippen LogP contribution in [0, 0.1) is 40.9 Å². The fourth-order valence-electron chi connectivity index (χ4n) is 1.90. The second-order valence-corrected chi connectivity index (χ2v) is 12.9. The van der Waals surface area contributed by atoms with Crippen molar-refractivity contribution in [2.75, 3.05) is 6.61 Å². The van der Waals surface area contributed by atoms with Crippen molar-refractivity contribution in [1.29, 1.82) is 0 Å². The van der Waals surface area contributed by atoms with Gasteiger partial charge in [0, 0.05) is 11.3 Å². The van der Waals surface area contributed by atoms with Crippen LogP contribution in [-0.2, 0) is 26.6 Å². The molecule has 1 aromatic rings. The molecule has 0 spiro atoms. The summed E-state index contributed by atoms with van der Waals surface area (Å²) in [5.41, 5.74) is -4.00. The van der Waals surface area contributed by atoms with Gasteiger partial charge in [-0.15, -0.1) is 0 Å². The van der Waals surface area contributed by atoms with Crippen molar-refractivity contribution in [1.82, 2.24) is 0 Å². The normalized spacial score (nSPS) is 16.4. The Balaban J connectivity index is 3.09. The van der Waals surface area contributed by atoms with E-state index in [1.165, 1.54) is 0 Å². The van der Waals surface area contributed by atoms with E-state index >= 15 is 0 Å². The first-order valence-electron chi connectivity index (χ1n) is 8.51. The topological polar surface area (TPSA) is 18.5 Å². The van der Waals surface area contributed by atoms with Crippen LogP contribution >= 0.6 is 17.1 Å². The van der Waals surface area contributed by atoms with E-state index < -0.39 is 46.1 Å². The first-order valence-corrected chi connectivity index (χ1v) is 12.7. The molecule has 27 heavy (non-hydrogen) atoms. The largest absolute Gasteiger partial charge is 0.321 e. The van der Waals surface area contributed by atoms with Gasteiger partial charge < -0.3 is 9.05 Å². The molecule has 0 bridgehead atoms. The van der Waals surface area contributed by atoms with Crippen molar-refractivity contribution in [2.45, 2.75) is 52.9 Å². The molecule has 0 heterocycles. The SMILES string of the molecule is CCC(C)C(C)OP(=S)(OCC(C)C)SCc1c(F)c(F)c(F)c(F)c1F. The van der Waals surface area contributed by atoms with E-state index in [9.17, 15) is 22.0 Å². The van der Waals surface area contributed by atoms with E-state index in [2.05, 4.69) is 0 Å². The van der Waals surface area contributed by atoms with E-state index in [0.29, 0.717) is 0 Å². The van der Waals surface area contributed by atoms with Crippen molar-refractivity contribution >= 4 is 28.9 Å². The van der Waals surface area contributed by atoms with E-state index in [1.54, 1.807) is 0 Å². The van der Waals surface area contributed by atoms with Crippen LogP contribution in [0.5, 0.6) is 0 Å². The monoisotopic (exact) mass is 450 g/mol. The third kappa shape index (κ3) is 6.67. The summed E-state index contributed by atoms with van der Waals surface area (Å²) in [6, 6.07) is 0. The molecule has 10 heteroatoms. The molecule has 3 atom stereocenters. The molecular formula is C17H24F5O2PS2. The lowest BCUT2D eigenvalue weighted by molar-refractivity contribution is 0.144. The van der Waals surface area contributed by atoms with E-state index in [0.717, 1.165) is 17.8 Å². The zero-order valence-electron chi connectivity index (χ0n) is 15.8. The van der Waals surface area contributed by atoms with Crippen molar-refractivity contribution < 1.29 is 31.0 Å². The molecule has 0 aliphatic heterocycles. The van der Waals surface area contributed by atoms with E-state index in [1.807, 2.05) is 34.6 Å². The highest BCUT2D eigenvalue weighted by atomic mass is 32.9. The molecule has 0 N–H and O–H groups in total. The lowest BCUT2D eigenvalue weighted by Gasteiger charge is -2.28. The Morgan fingerprint density at radius 3 is 1.85 bits per heavy atom. The highest BCUT2D eigenvalue weighted by Gasteiger charge is 2.30. The van der Waals surface area contributed by atoms with Gasteiger partial charge in [-0.05, 0) is 30.6 Å². The molecule has 0 amide bonds. The Bertz CT molecular complexity index is 673. The lowest BCUT2D eigenvalue weighted by Crippen LogP contribution is -2.17. The predicted molar refractivity (Wildman–Crippen MR) is 103 cm³/mol. The maximum atomic E-state index is 13.9. The molecule has 0 aliphatic carbocycles. The fourth-order valence-corrected chi connectivity index (χ4v) is 6.65. The lowest BCUT2D eigenvalue weighted by atomic mass is 10.0. The highest BCUT2D eigenvalue weighted by molar-refractivity contribution is 8.67. The van der Waals surface area contributed by atoms with Crippen molar-refractivity contribution in [3.8, 4) is 0 Å². The number of hydrogen-bond donors (Lipinski definition) is 0. The summed E-state index contributed by atoms with van der Waals surface area (Å²) in [7, 11) is 0. The number of hydrogen-bond acceptors (Lipinski definition) is 4. The van der Waals surface area contributed by atoms with Gasteiger partial charge in [-0.2, -0.15) is 0 Å². The van der Waals surface area contributed by atoms with Crippen LogP contribution in [0.2, 0.25) is 0 Å². The van der Waals surface area contributed by atoms with Crippen LogP contribution in [0.3, 0.4) is 0 Å². The second kappa shape index (κ2) is 10.5. The van der Waals surface area contributed by atoms with Crippen LogP contribution in [0.15, 0.2) is 0 Å². The summed E-state index contributed by atoms with van der Waals surface area (Å²) in [6.07, 6.45) is 0.542. The Morgan fingerprint density at radius 1 is 0.926 bits per heavy atom. The van der Waals surface area contributed by atoms with Crippen LogP contribution in [0.25, 0.3) is 0 Å². The maximum Gasteiger partial charge on any atom is 0.247 e. The first kappa shape index (κ1) is 24.8. The van der Waals surface area contributed by atoms with Gasteiger partial charge in [-0.1, -0.05) is 45.5 Å². The molecule has 2 nitrogen and oxygen atoms in total. The standard InChI is InChI=1S/C17H24F5O2PS2/c1-6-10(4)11(5)24-25(26,23-7-9(2)3)27-8-12-13(18)15(20)17(22)16(21)14(12)19/h9-11H,6-8H2,1-5H3. The van der Waals surface area contributed by atoms with Crippen molar-refractivity contribution in [2.24, 2.45) is 11.8 Å². The molecular weight excluding hydrogens is 426 g/mol. The van der Waals surface area contributed by atoms with Crippen molar-refractivity contribution in [3.05, 3.63) is 34.6 Å². The maximum absolute atomic E-state index is 13.9. The summed E-state index contributed by atoms with van der Waals surface area (Å²) in [6.45, 7) is 9.80. The molecule has 0 saturated carbocycles. The Hall–Kier alpha value is -0.210. The highest BCUT2D eigenvalue weighted by Crippen LogP contribution is 2.63. The molecule has 0 fully saturated rings. The molecule has 0 aromatic heterocycles. The first-order chi connectivity index (χ1) is 12.4. The van der Waals surface area contributed by atoms with Gasteiger partial charge in [0.2, 0.25) is 11.5 Å². The average Bonchev–Trinajstić information content (AvgIpc) is 2.62. The van der Waals surface area contributed by atoms with Crippen LogP contribution in [-0.4, -0.2) is 12.7 Å². The number of rotatable bonds is 10. The zero-order chi connectivity index (χ0) is 20.9. The van der Waals surface area contributed by atoms with Gasteiger partial charge in [-0.3, -0.25) is 0 Å². The minimum Gasteiger partial charge on any atom is -0.321 e. The minimum atomic E-state index is -3.07. The Labute approximate surface area is 166 Å². The summed E-state index contributed by atoms with van der Waals surface area (Å²) in [4.78, 5) is 0. The molecule has 1 aromatic carbocycles. The van der Waals surface area contributed by atoms with Gasteiger partial charge in [0.25, 0.3) is 0 Å². The summed E-state index contributed by atoms with van der Waals surface area (Å²) in [5.74, 6) is -10.1. The summed E-state index contributed by atoms with van der Waals surface area (Å²) >= 11 is 6.24. The quantitative estimate of drug-likeness (QED) is 0.166. The van der Waals surface area contributed by atoms with Gasteiger partial charge in [0.1, 0.15) is 0 Å². The van der Waals surface area contributed by atoms with Crippen LogP contribution < -0.4 is 0 Å². The molecule has 0 aliphatic rings. The molecule has 0 radical (unpaired) electrons. The van der Waals surface area contributed by atoms with Crippen LogP contribution in [0.4, 0.5) is 22.0 Å². The Morgan fingerprint density at radius 2 is 1.41 bits per heavy atom. The third-order valence-electron chi connectivity index (χ3n) is 3.97. The van der Waals surface area contributed by atoms with Crippen molar-refractivity contribution in [3.63, 3.8) is 0 Å². The fraction of sp³-hybridized carbons (Fsp3) is 0.647. The predicted octanol–water partition coefficient (Wildman–Crippen LogP) is 6.96. The second-order valence-electron chi connectivity index (χ2n) is 6.65. The smallest absolute Gasteiger partial charge is 0.247 e. The van der Waals surface area contributed by atoms with E-state index in [4.69, 9.17) is 20.9 Å². The Kier molecular flexibility index (Phi) is 9.69. The average molecular weight is 450 g/mol. The van der Waals surface area contributed by atoms with Crippen LogP contribution in [0.1, 0.15) is 46.6 Å². The third-order valence-corrected chi connectivity index (χ3v) is 9.20. The molecule has 1 rings (SSSR count). The van der Waals surface area contributed by atoms with Gasteiger partial charge in [0.05, 0.1) is 12.7 Å². The minimum absolute atomic E-state index is 0.129. The molecule has 0 saturated heterocycles. The van der Waals surface area contributed by atoms with E-state index in [-0.39, 0.29) is 24.5 Å². The molecule has 3 unspecified atom stereocenters. The number of halogens is 5. The summed E-state index contributed by atoms with van der Waals surface area (Å²) < 4.78 is 79.3. The van der Waals surface area contributed by atoms with Gasteiger partial charge in [0.15, 0.2) is 23.3 Å². The number of benzene rings is 1. The molecule has 156 valence electrons. The van der Waals surface area contributed by atoms with Gasteiger partial charge in [-0.25, -0.2) is 22.0 Å². The summed E-state index contributed by atoms with van der Waals surface area (Å²) in [5, 5.41) is 0. The zero-order valence-corrected chi connectivity index (χ0v) is 18.4.